The van der Waals surface area contributed by atoms with E-state index in [1.807, 2.05) is 0 Å². The summed E-state index contributed by atoms with van der Waals surface area (Å²) in [4.78, 5) is 16.7. The molecule has 0 unspecified atom stereocenters. The van der Waals surface area contributed by atoms with Crippen LogP contribution in [0.5, 0.6) is 11.5 Å². The van der Waals surface area contributed by atoms with Crippen molar-refractivity contribution < 1.29 is 19.1 Å². The minimum atomic E-state index is -0.356. The van der Waals surface area contributed by atoms with Crippen molar-refractivity contribution in [2.24, 2.45) is 0 Å². The number of nitrogen functional groups attached to an aromatic ring is 1. The lowest BCUT2D eigenvalue weighted by molar-refractivity contribution is -0.0756. The summed E-state index contributed by atoms with van der Waals surface area (Å²) < 4.78 is 10.2. The van der Waals surface area contributed by atoms with E-state index in [-0.39, 0.29) is 5.91 Å². The molecule has 6 heteroatoms. The Morgan fingerprint density at radius 1 is 1.18 bits per heavy atom. The first-order valence-electron chi connectivity index (χ1n) is 4.88. The fraction of sp³-hybridized carbons (Fsp3) is 0.364. The molecule has 0 radical (unpaired) electrons. The Balaban J connectivity index is 3.21. The SMILES string of the molecule is COc1cc(N)c(C(=O)N(C)OC)cc1OC. The molecule has 0 bridgehead atoms. The summed E-state index contributed by atoms with van der Waals surface area (Å²) in [5.41, 5.74) is 6.38. The lowest BCUT2D eigenvalue weighted by Gasteiger charge is -2.16. The Kier molecular flexibility index (Phi) is 4.17. The number of hydrogen-bond acceptors (Lipinski definition) is 5. The highest BCUT2D eigenvalue weighted by molar-refractivity contribution is 5.99. The monoisotopic (exact) mass is 240 g/mol. The third-order valence-electron chi connectivity index (χ3n) is 2.35. The molecular weight excluding hydrogens is 224 g/mol. The Morgan fingerprint density at radius 3 is 2.18 bits per heavy atom. The highest BCUT2D eigenvalue weighted by Crippen LogP contribution is 2.32. The lowest BCUT2D eigenvalue weighted by Crippen LogP contribution is -2.26. The second-order valence-electron chi connectivity index (χ2n) is 3.28. The van der Waals surface area contributed by atoms with Gasteiger partial charge in [0.1, 0.15) is 0 Å². The molecule has 0 atom stereocenters. The molecule has 1 rings (SSSR count). The van der Waals surface area contributed by atoms with Gasteiger partial charge in [-0.3, -0.25) is 9.63 Å². The van der Waals surface area contributed by atoms with Crippen LogP contribution in [-0.2, 0) is 4.84 Å². The van der Waals surface area contributed by atoms with Gasteiger partial charge in [0.2, 0.25) is 0 Å². The highest BCUT2D eigenvalue weighted by Gasteiger charge is 2.18. The van der Waals surface area contributed by atoms with Crippen molar-refractivity contribution in [1.82, 2.24) is 5.06 Å². The van der Waals surface area contributed by atoms with Gasteiger partial charge in [-0.15, -0.1) is 0 Å². The third-order valence-corrected chi connectivity index (χ3v) is 2.35. The number of nitrogens with two attached hydrogens (primary N) is 1. The summed E-state index contributed by atoms with van der Waals surface area (Å²) in [7, 11) is 5.88. The van der Waals surface area contributed by atoms with Gasteiger partial charge in [0.25, 0.3) is 5.91 Å². The number of ether oxygens (including phenoxy) is 2. The molecule has 6 nitrogen and oxygen atoms in total. The van der Waals surface area contributed by atoms with E-state index < -0.39 is 0 Å². The molecule has 0 saturated carbocycles. The summed E-state index contributed by atoms with van der Waals surface area (Å²) in [5.74, 6) is 0.558. The number of hydroxylamine groups is 2. The minimum Gasteiger partial charge on any atom is -0.493 e. The molecule has 1 aromatic carbocycles. The van der Waals surface area contributed by atoms with Crippen molar-refractivity contribution in [2.45, 2.75) is 0 Å². The largest absolute Gasteiger partial charge is 0.493 e. The van der Waals surface area contributed by atoms with E-state index in [1.54, 1.807) is 0 Å². The van der Waals surface area contributed by atoms with Gasteiger partial charge in [-0.25, -0.2) is 5.06 Å². The van der Waals surface area contributed by atoms with Gasteiger partial charge in [-0.2, -0.15) is 0 Å². The van der Waals surface area contributed by atoms with Crippen molar-refractivity contribution in [3.05, 3.63) is 17.7 Å². The zero-order chi connectivity index (χ0) is 13.0. The summed E-state index contributed by atoms with van der Waals surface area (Å²) in [6.45, 7) is 0. The van der Waals surface area contributed by atoms with Crippen LogP contribution in [0, 0.1) is 0 Å². The maximum Gasteiger partial charge on any atom is 0.279 e. The standard InChI is InChI=1S/C11H16N2O4/c1-13(17-4)11(14)7-5-9(15-2)10(16-3)6-8(7)12/h5-6H,12H2,1-4H3. The third kappa shape index (κ3) is 2.59. The van der Waals surface area contributed by atoms with Crippen LogP contribution in [0.25, 0.3) is 0 Å². The topological polar surface area (TPSA) is 74.0 Å². The number of hydrogen-bond donors (Lipinski definition) is 1. The molecule has 0 aromatic heterocycles. The van der Waals surface area contributed by atoms with Gasteiger partial charge in [-0.05, 0) is 6.07 Å². The maximum absolute atomic E-state index is 11.9. The van der Waals surface area contributed by atoms with Gasteiger partial charge >= 0.3 is 0 Å². The summed E-state index contributed by atoms with van der Waals surface area (Å²) in [6, 6.07) is 3.06. The predicted molar refractivity (Wildman–Crippen MR) is 63.1 cm³/mol. The van der Waals surface area contributed by atoms with Gasteiger partial charge in [0, 0.05) is 18.8 Å². The van der Waals surface area contributed by atoms with E-state index in [0.29, 0.717) is 22.7 Å². The second kappa shape index (κ2) is 5.40. The van der Waals surface area contributed by atoms with Crippen LogP contribution in [0.3, 0.4) is 0 Å². The molecule has 17 heavy (non-hydrogen) atoms. The van der Waals surface area contributed by atoms with E-state index in [0.717, 1.165) is 5.06 Å². The molecule has 0 saturated heterocycles. The number of carbonyl (C=O) groups excluding carboxylic acids is 1. The van der Waals surface area contributed by atoms with Crippen molar-refractivity contribution in [2.75, 3.05) is 34.1 Å². The first-order chi connectivity index (χ1) is 8.04. The Labute approximate surface area is 99.8 Å². The smallest absolute Gasteiger partial charge is 0.279 e. The summed E-state index contributed by atoms with van der Waals surface area (Å²) in [6.07, 6.45) is 0. The van der Waals surface area contributed by atoms with Crippen molar-refractivity contribution in [1.29, 1.82) is 0 Å². The first-order valence-corrected chi connectivity index (χ1v) is 4.88. The molecule has 94 valence electrons. The van der Waals surface area contributed by atoms with Crippen LogP contribution >= 0.6 is 0 Å². The zero-order valence-electron chi connectivity index (χ0n) is 10.3. The minimum absolute atomic E-state index is 0.298. The van der Waals surface area contributed by atoms with Gasteiger partial charge in [0.05, 0.1) is 26.9 Å². The predicted octanol–water partition coefficient (Wildman–Crippen LogP) is 0.919. The molecule has 1 aromatic rings. The molecule has 1 amide bonds. The lowest BCUT2D eigenvalue weighted by atomic mass is 10.1. The number of anilines is 1. The summed E-state index contributed by atoms with van der Waals surface area (Å²) in [5, 5.41) is 1.08. The molecule has 0 spiro atoms. The average Bonchev–Trinajstić information content (AvgIpc) is 2.36. The molecule has 0 aliphatic heterocycles. The molecule has 0 aliphatic carbocycles. The number of carbonyl (C=O) groups is 1. The van der Waals surface area contributed by atoms with Crippen LogP contribution < -0.4 is 15.2 Å². The fourth-order valence-corrected chi connectivity index (χ4v) is 1.33. The molecule has 2 N–H and O–H groups in total. The van der Waals surface area contributed by atoms with Crippen molar-refractivity contribution >= 4 is 11.6 Å². The van der Waals surface area contributed by atoms with E-state index in [1.165, 1.54) is 40.5 Å². The molecule has 0 fully saturated rings. The Bertz CT molecular complexity index is 420. The molecular formula is C11H16N2O4. The second-order valence-corrected chi connectivity index (χ2v) is 3.28. The number of rotatable bonds is 4. The van der Waals surface area contributed by atoms with E-state index in [4.69, 9.17) is 20.0 Å². The van der Waals surface area contributed by atoms with Crippen LogP contribution in [-0.4, -0.2) is 39.3 Å². The normalized spacial score (nSPS) is 9.88. The molecule has 0 aliphatic rings. The number of amides is 1. The van der Waals surface area contributed by atoms with Crippen molar-refractivity contribution in [3.63, 3.8) is 0 Å². The maximum atomic E-state index is 11.9. The Hall–Kier alpha value is -1.95. The summed E-state index contributed by atoms with van der Waals surface area (Å²) >= 11 is 0. The van der Waals surface area contributed by atoms with E-state index >= 15 is 0 Å². The number of nitrogens with zero attached hydrogens (tertiary/aromatic N) is 1. The van der Waals surface area contributed by atoms with Crippen LogP contribution in [0.1, 0.15) is 10.4 Å². The van der Waals surface area contributed by atoms with Crippen LogP contribution in [0.15, 0.2) is 12.1 Å². The van der Waals surface area contributed by atoms with Crippen LogP contribution in [0.2, 0.25) is 0 Å². The number of methoxy groups -OCH3 is 2. The van der Waals surface area contributed by atoms with E-state index in [2.05, 4.69) is 0 Å². The van der Waals surface area contributed by atoms with Gasteiger partial charge in [0.15, 0.2) is 11.5 Å². The Morgan fingerprint density at radius 2 is 1.71 bits per heavy atom. The van der Waals surface area contributed by atoms with Crippen molar-refractivity contribution in [3.8, 4) is 11.5 Å². The van der Waals surface area contributed by atoms with Gasteiger partial charge in [-0.1, -0.05) is 0 Å². The zero-order valence-corrected chi connectivity index (χ0v) is 10.3. The first kappa shape index (κ1) is 13.1. The van der Waals surface area contributed by atoms with Gasteiger partial charge < -0.3 is 15.2 Å². The number of benzene rings is 1. The average molecular weight is 240 g/mol. The van der Waals surface area contributed by atoms with Crippen LogP contribution in [0.4, 0.5) is 5.69 Å². The highest BCUT2D eigenvalue weighted by atomic mass is 16.7. The fourth-order valence-electron chi connectivity index (χ4n) is 1.33. The molecule has 0 heterocycles. The van der Waals surface area contributed by atoms with E-state index in [9.17, 15) is 4.79 Å². The quantitative estimate of drug-likeness (QED) is 0.625.